The van der Waals surface area contributed by atoms with Crippen molar-refractivity contribution in [1.82, 2.24) is 0 Å². The van der Waals surface area contributed by atoms with Crippen LogP contribution in [0.3, 0.4) is 0 Å². The zero-order valence-corrected chi connectivity index (χ0v) is 17.0. The average molecular weight is 397 g/mol. The second-order valence-electron chi connectivity index (χ2n) is 6.16. The molecule has 0 bridgehead atoms. The summed E-state index contributed by atoms with van der Waals surface area (Å²) < 4.78 is 5.23. The van der Waals surface area contributed by atoms with Crippen LogP contribution in [0.15, 0.2) is 30.3 Å². The first-order valence-corrected chi connectivity index (χ1v) is 16.1. The third-order valence-electron chi connectivity index (χ3n) is 4.41. The van der Waals surface area contributed by atoms with Crippen LogP contribution >= 0.6 is 0 Å². The quantitative estimate of drug-likeness (QED) is 0.323. The van der Waals surface area contributed by atoms with E-state index in [0.29, 0.717) is 0 Å². The van der Waals surface area contributed by atoms with Crippen molar-refractivity contribution in [1.29, 1.82) is 0 Å². The van der Waals surface area contributed by atoms with Gasteiger partial charge in [-0.25, -0.2) is 0 Å². The number of benzene rings is 1. The van der Waals surface area contributed by atoms with E-state index >= 15 is 0 Å². The predicted molar refractivity (Wildman–Crippen MR) is 94.5 cm³/mol. The van der Waals surface area contributed by atoms with Crippen LogP contribution in [0.4, 0.5) is 5.69 Å². The Morgan fingerprint density at radius 1 is 0.810 bits per heavy atom. The minimum atomic E-state index is -2.81. The van der Waals surface area contributed by atoms with Crippen molar-refractivity contribution in [2.45, 2.75) is 72.6 Å². The summed E-state index contributed by atoms with van der Waals surface area (Å²) >= 11 is -2.81. The topological polar surface area (TPSA) is 23.1 Å². The molecule has 0 atom stereocenters. The molecular formula is C18H32NOSn. The van der Waals surface area contributed by atoms with Gasteiger partial charge in [-0.1, -0.05) is 0 Å². The molecule has 0 heterocycles. The number of unbranched alkanes of at least 4 members (excludes halogenated alkanes) is 3. The third-order valence-corrected chi connectivity index (χ3v) is 18.6. The summed E-state index contributed by atoms with van der Waals surface area (Å²) in [6.45, 7) is 6.73. The molecule has 2 nitrogen and oxygen atoms in total. The van der Waals surface area contributed by atoms with Crippen LogP contribution in [-0.2, 0) is 5.21 Å². The molecule has 0 fully saturated rings. The summed E-state index contributed by atoms with van der Waals surface area (Å²) in [5.41, 5.74) is 0.914. The van der Waals surface area contributed by atoms with Gasteiger partial charge in [-0.05, 0) is 0 Å². The molecule has 119 valence electrons. The molecule has 0 saturated heterocycles. The number of rotatable bonds is 11. The zero-order valence-electron chi connectivity index (χ0n) is 14.1. The van der Waals surface area contributed by atoms with Gasteiger partial charge in [0, 0.05) is 0 Å². The Balaban J connectivity index is 2.99. The van der Waals surface area contributed by atoms with Crippen molar-refractivity contribution in [3.63, 3.8) is 0 Å². The fourth-order valence-electron chi connectivity index (χ4n) is 3.03. The van der Waals surface area contributed by atoms with Gasteiger partial charge in [-0.2, -0.15) is 0 Å². The molecule has 0 aromatic heterocycles. The molecule has 0 saturated carbocycles. The molecular weight excluding hydrogens is 365 g/mol. The van der Waals surface area contributed by atoms with Crippen molar-refractivity contribution < 1.29 is 5.21 Å². The Morgan fingerprint density at radius 3 is 1.62 bits per heavy atom. The van der Waals surface area contributed by atoms with Crippen molar-refractivity contribution in [3.8, 4) is 0 Å². The maximum absolute atomic E-state index is 13.2. The standard InChI is InChI=1S/C6H5NO.3C4H9.Sn/c8-7-6-4-2-1-3-5-6;3*1-3-4-2;/h1-5H;3*1,3-4H2,2H3;/q-1;;;;+1. The maximum atomic E-state index is 13.2. The molecule has 0 aliphatic carbocycles. The van der Waals surface area contributed by atoms with E-state index in [-0.39, 0.29) is 0 Å². The van der Waals surface area contributed by atoms with Gasteiger partial charge in [0.15, 0.2) is 0 Å². The van der Waals surface area contributed by atoms with Crippen LogP contribution in [-0.4, -0.2) is 18.7 Å². The minimum absolute atomic E-state index is 0.914. The summed E-state index contributed by atoms with van der Waals surface area (Å²) in [6, 6.07) is 10.00. The summed E-state index contributed by atoms with van der Waals surface area (Å²) in [4.78, 5) is 0. The Hall–Kier alpha value is -0.221. The first kappa shape index (κ1) is 18.8. The summed E-state index contributed by atoms with van der Waals surface area (Å²) in [6.07, 6.45) is 7.32. The third kappa shape index (κ3) is 5.82. The number of hydrogen-bond acceptors (Lipinski definition) is 1. The SMILES string of the molecule is CCC[CH2][Sn]([CH2]CCC)([CH2]CCC)[N]([O])c1ccccc1. The van der Waals surface area contributed by atoms with E-state index < -0.39 is 18.7 Å². The van der Waals surface area contributed by atoms with E-state index in [0.717, 1.165) is 5.69 Å². The molecule has 0 aliphatic rings. The normalized spacial score (nSPS) is 11.6. The van der Waals surface area contributed by atoms with Crippen LogP contribution in [0.25, 0.3) is 0 Å². The van der Waals surface area contributed by atoms with Crippen LogP contribution in [0.1, 0.15) is 59.3 Å². The Morgan fingerprint density at radius 2 is 1.24 bits per heavy atom. The Kier molecular flexibility index (Phi) is 9.41. The van der Waals surface area contributed by atoms with Gasteiger partial charge in [-0.3, -0.25) is 0 Å². The van der Waals surface area contributed by atoms with Crippen molar-refractivity contribution in [2.24, 2.45) is 0 Å². The fourth-order valence-corrected chi connectivity index (χ4v) is 17.6. The molecule has 3 heteroatoms. The number of nitrogens with zero attached hydrogens (tertiary/aromatic N) is 1. The molecule has 1 radical (unpaired) electrons. The van der Waals surface area contributed by atoms with Crippen LogP contribution in [0, 0.1) is 0 Å². The van der Waals surface area contributed by atoms with Gasteiger partial charge < -0.3 is 0 Å². The molecule has 1 aromatic rings. The molecule has 0 aliphatic heterocycles. The first-order chi connectivity index (χ1) is 10.2. The Labute approximate surface area is 135 Å². The monoisotopic (exact) mass is 398 g/mol. The predicted octanol–water partition coefficient (Wildman–Crippen LogP) is 6.18. The zero-order chi connectivity index (χ0) is 15.6. The van der Waals surface area contributed by atoms with Gasteiger partial charge in [0.1, 0.15) is 0 Å². The molecule has 0 amide bonds. The van der Waals surface area contributed by atoms with E-state index in [2.05, 4.69) is 20.8 Å². The molecule has 0 N–H and O–H groups in total. The van der Waals surface area contributed by atoms with Crippen LogP contribution in [0.2, 0.25) is 13.3 Å². The van der Waals surface area contributed by atoms with E-state index in [1.165, 1.54) is 51.8 Å². The van der Waals surface area contributed by atoms with Crippen molar-refractivity contribution in [2.75, 3.05) is 3.28 Å². The van der Waals surface area contributed by atoms with Gasteiger partial charge in [0.25, 0.3) is 0 Å². The molecule has 0 unspecified atom stereocenters. The Bertz CT molecular complexity index is 347. The van der Waals surface area contributed by atoms with Gasteiger partial charge in [0.05, 0.1) is 0 Å². The van der Waals surface area contributed by atoms with E-state index in [9.17, 15) is 5.21 Å². The fraction of sp³-hybridized carbons (Fsp3) is 0.667. The summed E-state index contributed by atoms with van der Waals surface area (Å²) in [5, 5.41) is 13.2. The van der Waals surface area contributed by atoms with Crippen LogP contribution in [0.5, 0.6) is 0 Å². The number of para-hydroxylation sites is 1. The van der Waals surface area contributed by atoms with Crippen LogP contribution < -0.4 is 3.28 Å². The second-order valence-corrected chi connectivity index (χ2v) is 18.6. The van der Waals surface area contributed by atoms with E-state index in [1.54, 1.807) is 3.28 Å². The number of anilines is 1. The molecule has 1 rings (SSSR count). The first-order valence-electron chi connectivity index (χ1n) is 8.72. The number of hydrogen-bond donors (Lipinski definition) is 0. The summed E-state index contributed by atoms with van der Waals surface area (Å²) in [7, 11) is 0. The van der Waals surface area contributed by atoms with Crippen molar-refractivity contribution in [3.05, 3.63) is 30.3 Å². The van der Waals surface area contributed by atoms with Gasteiger partial charge >= 0.3 is 136 Å². The second kappa shape index (κ2) is 10.5. The van der Waals surface area contributed by atoms with E-state index in [4.69, 9.17) is 0 Å². The molecule has 21 heavy (non-hydrogen) atoms. The van der Waals surface area contributed by atoms with Crippen molar-refractivity contribution >= 4 is 24.3 Å². The average Bonchev–Trinajstić information content (AvgIpc) is 2.55. The van der Waals surface area contributed by atoms with Gasteiger partial charge in [-0.15, -0.1) is 0 Å². The molecule has 0 spiro atoms. The summed E-state index contributed by atoms with van der Waals surface area (Å²) in [5.74, 6) is 0. The molecule has 1 aromatic carbocycles. The van der Waals surface area contributed by atoms with Gasteiger partial charge in [0.2, 0.25) is 0 Å². The van der Waals surface area contributed by atoms with E-state index in [1.807, 2.05) is 30.3 Å².